The van der Waals surface area contributed by atoms with E-state index in [-0.39, 0.29) is 13.0 Å². The van der Waals surface area contributed by atoms with Gasteiger partial charge in [-0.3, -0.25) is 0 Å². The third-order valence-corrected chi connectivity index (χ3v) is 3.24. The van der Waals surface area contributed by atoms with E-state index < -0.39 is 18.2 Å². The Morgan fingerprint density at radius 2 is 2.17 bits per heavy atom. The van der Waals surface area contributed by atoms with E-state index in [9.17, 15) is 18.3 Å². The fraction of sp³-hybridized carbons (Fsp3) is 1.00. The molecule has 0 radical (unpaired) electrons. The lowest BCUT2D eigenvalue weighted by molar-refractivity contribution is -0.187. The van der Waals surface area contributed by atoms with Gasteiger partial charge in [-0.2, -0.15) is 13.2 Å². The molecule has 18 heavy (non-hydrogen) atoms. The lowest BCUT2D eigenvalue weighted by Gasteiger charge is -2.34. The summed E-state index contributed by atoms with van der Waals surface area (Å²) < 4.78 is 37.8. The second kappa shape index (κ2) is 7.31. The number of nitrogens with zero attached hydrogens (tertiary/aromatic N) is 1. The van der Waals surface area contributed by atoms with E-state index in [1.54, 1.807) is 4.90 Å². The fourth-order valence-electron chi connectivity index (χ4n) is 2.30. The Balaban J connectivity index is 2.29. The first kappa shape index (κ1) is 15.7. The van der Waals surface area contributed by atoms with E-state index in [0.717, 1.165) is 13.0 Å². The van der Waals surface area contributed by atoms with Crippen LogP contribution in [0.2, 0.25) is 0 Å². The maximum Gasteiger partial charge on any atom is 0.393 e. The highest BCUT2D eigenvalue weighted by Crippen LogP contribution is 2.32. The Bertz CT molecular complexity index is 236. The van der Waals surface area contributed by atoms with Gasteiger partial charge in [0.1, 0.15) is 0 Å². The number of alkyl halides is 3. The average Bonchev–Trinajstić information content (AvgIpc) is 2.28. The number of hydrogen-bond acceptors (Lipinski definition) is 3. The number of piperidine rings is 1. The van der Waals surface area contributed by atoms with Crippen molar-refractivity contribution >= 4 is 0 Å². The summed E-state index contributed by atoms with van der Waals surface area (Å²) in [5.41, 5.74) is 0. The molecule has 2 N–H and O–H groups in total. The van der Waals surface area contributed by atoms with Crippen LogP contribution in [0.4, 0.5) is 13.2 Å². The minimum atomic E-state index is -4.11. The maximum absolute atomic E-state index is 12.6. The van der Waals surface area contributed by atoms with Crippen molar-refractivity contribution in [1.82, 2.24) is 10.2 Å². The average molecular weight is 268 g/mol. The van der Waals surface area contributed by atoms with Crippen LogP contribution in [0, 0.1) is 5.92 Å². The summed E-state index contributed by atoms with van der Waals surface area (Å²) in [6.07, 6.45) is -2.95. The highest BCUT2D eigenvalue weighted by molar-refractivity contribution is 4.79. The van der Waals surface area contributed by atoms with Gasteiger partial charge in [0.25, 0.3) is 0 Å². The summed E-state index contributed by atoms with van der Waals surface area (Å²) in [6, 6.07) is 0. The molecule has 3 nitrogen and oxygen atoms in total. The number of β-amino-alcohol motifs (C(OH)–C–C–N with tert-alkyl or cyclic N) is 1. The minimum absolute atomic E-state index is 0.0222. The zero-order valence-corrected chi connectivity index (χ0v) is 10.8. The van der Waals surface area contributed by atoms with E-state index in [2.05, 4.69) is 5.32 Å². The second-order valence-corrected chi connectivity index (χ2v) is 5.00. The van der Waals surface area contributed by atoms with Crippen LogP contribution in [0.3, 0.4) is 0 Å². The summed E-state index contributed by atoms with van der Waals surface area (Å²) in [5, 5.41) is 12.8. The van der Waals surface area contributed by atoms with Gasteiger partial charge in [-0.15, -0.1) is 0 Å². The summed E-state index contributed by atoms with van der Waals surface area (Å²) >= 11 is 0. The summed E-state index contributed by atoms with van der Waals surface area (Å²) in [6.45, 7) is 4.29. The van der Waals surface area contributed by atoms with E-state index in [1.165, 1.54) is 0 Å². The van der Waals surface area contributed by atoms with Crippen LogP contribution in [-0.2, 0) is 0 Å². The molecule has 2 unspecified atom stereocenters. The fourth-order valence-corrected chi connectivity index (χ4v) is 2.30. The van der Waals surface area contributed by atoms with Crippen molar-refractivity contribution in [3.63, 3.8) is 0 Å². The smallest absolute Gasteiger partial charge is 0.390 e. The molecule has 1 saturated heterocycles. The number of aliphatic hydroxyl groups is 1. The molecular weight excluding hydrogens is 245 g/mol. The number of aliphatic hydroxyl groups excluding tert-OH is 1. The minimum Gasteiger partial charge on any atom is -0.390 e. The molecule has 1 fully saturated rings. The maximum atomic E-state index is 12.6. The third kappa shape index (κ3) is 5.54. The van der Waals surface area contributed by atoms with Crippen molar-refractivity contribution in [3.05, 3.63) is 0 Å². The third-order valence-electron chi connectivity index (χ3n) is 3.24. The van der Waals surface area contributed by atoms with Gasteiger partial charge < -0.3 is 15.3 Å². The Kier molecular flexibility index (Phi) is 6.38. The van der Waals surface area contributed by atoms with Crippen molar-refractivity contribution < 1.29 is 18.3 Å². The summed E-state index contributed by atoms with van der Waals surface area (Å²) in [4.78, 5) is 1.72. The number of likely N-dealkylation sites (tertiary alicyclic amines) is 1. The van der Waals surface area contributed by atoms with Gasteiger partial charge in [0, 0.05) is 19.6 Å². The first-order valence-corrected chi connectivity index (χ1v) is 6.61. The predicted molar refractivity (Wildman–Crippen MR) is 64.4 cm³/mol. The molecule has 0 bridgehead atoms. The zero-order chi connectivity index (χ0) is 13.6. The zero-order valence-electron chi connectivity index (χ0n) is 10.8. The van der Waals surface area contributed by atoms with E-state index in [4.69, 9.17) is 0 Å². The largest absolute Gasteiger partial charge is 0.393 e. The number of halogens is 3. The summed E-state index contributed by atoms with van der Waals surface area (Å²) in [7, 11) is 0. The predicted octanol–water partition coefficient (Wildman–Crippen LogP) is 1.62. The van der Waals surface area contributed by atoms with Crippen LogP contribution in [-0.4, -0.2) is 55.0 Å². The lowest BCUT2D eigenvalue weighted by Crippen LogP contribution is -2.46. The van der Waals surface area contributed by atoms with Gasteiger partial charge in [0.2, 0.25) is 0 Å². The van der Waals surface area contributed by atoms with Crippen LogP contribution in [0.15, 0.2) is 0 Å². The standard InChI is InChI=1S/C12H23F3N2O/c1-2-5-16-7-11(18)9-17-6-3-4-10(8-17)12(13,14)15/h10-11,16,18H,2-9H2,1H3. The highest BCUT2D eigenvalue weighted by Gasteiger charge is 2.41. The molecule has 1 heterocycles. The van der Waals surface area contributed by atoms with Gasteiger partial charge in [0.05, 0.1) is 12.0 Å². The van der Waals surface area contributed by atoms with Gasteiger partial charge in [-0.05, 0) is 32.4 Å². The van der Waals surface area contributed by atoms with Crippen molar-refractivity contribution in [2.75, 3.05) is 32.7 Å². The van der Waals surface area contributed by atoms with Crippen molar-refractivity contribution in [3.8, 4) is 0 Å². The molecule has 1 aliphatic rings. The summed E-state index contributed by atoms with van der Waals surface area (Å²) in [5.74, 6) is -1.23. The van der Waals surface area contributed by atoms with Crippen LogP contribution < -0.4 is 5.32 Å². The first-order valence-electron chi connectivity index (χ1n) is 6.61. The highest BCUT2D eigenvalue weighted by atomic mass is 19.4. The topological polar surface area (TPSA) is 35.5 Å². The molecule has 1 aliphatic heterocycles. The van der Waals surface area contributed by atoms with Crippen LogP contribution >= 0.6 is 0 Å². The molecule has 0 amide bonds. The van der Waals surface area contributed by atoms with Crippen LogP contribution in [0.1, 0.15) is 26.2 Å². The van der Waals surface area contributed by atoms with Crippen molar-refractivity contribution in [1.29, 1.82) is 0 Å². The Hall–Kier alpha value is -0.330. The van der Waals surface area contributed by atoms with Gasteiger partial charge in [0.15, 0.2) is 0 Å². The van der Waals surface area contributed by atoms with Crippen molar-refractivity contribution in [2.45, 2.75) is 38.5 Å². The monoisotopic (exact) mass is 268 g/mol. The molecule has 6 heteroatoms. The molecule has 2 atom stereocenters. The molecule has 0 spiro atoms. The van der Waals surface area contributed by atoms with E-state index in [0.29, 0.717) is 26.1 Å². The number of hydrogen-bond donors (Lipinski definition) is 2. The van der Waals surface area contributed by atoms with E-state index >= 15 is 0 Å². The SMILES string of the molecule is CCCNCC(O)CN1CCCC(C(F)(F)F)C1. The molecular formula is C12H23F3N2O. The quantitative estimate of drug-likeness (QED) is 0.719. The number of rotatable bonds is 6. The molecule has 108 valence electrons. The van der Waals surface area contributed by atoms with Crippen molar-refractivity contribution in [2.24, 2.45) is 5.92 Å². The lowest BCUT2D eigenvalue weighted by atomic mass is 9.97. The molecule has 1 rings (SSSR count). The van der Waals surface area contributed by atoms with Gasteiger partial charge in [-0.25, -0.2) is 0 Å². The Morgan fingerprint density at radius 3 is 2.78 bits per heavy atom. The normalized spacial score (nSPS) is 24.2. The molecule has 0 aliphatic carbocycles. The Morgan fingerprint density at radius 1 is 1.44 bits per heavy atom. The van der Waals surface area contributed by atoms with E-state index in [1.807, 2.05) is 6.92 Å². The first-order chi connectivity index (χ1) is 8.43. The van der Waals surface area contributed by atoms with Crippen LogP contribution in [0.25, 0.3) is 0 Å². The van der Waals surface area contributed by atoms with Gasteiger partial charge >= 0.3 is 6.18 Å². The van der Waals surface area contributed by atoms with Crippen LogP contribution in [0.5, 0.6) is 0 Å². The van der Waals surface area contributed by atoms with Gasteiger partial charge in [-0.1, -0.05) is 6.92 Å². The number of nitrogens with one attached hydrogen (secondary N) is 1. The molecule has 0 aromatic heterocycles. The second-order valence-electron chi connectivity index (χ2n) is 5.00. The molecule has 0 saturated carbocycles. The molecule has 0 aromatic rings. The Labute approximate surface area is 106 Å². The molecule has 0 aromatic carbocycles.